The Morgan fingerprint density at radius 2 is 0.580 bits per heavy atom. The molecule has 0 atom stereocenters. The van der Waals surface area contributed by atoms with E-state index in [-0.39, 0.29) is 13.2 Å². The number of fused-ring (bicyclic) bond motifs is 8. The van der Waals surface area contributed by atoms with Crippen molar-refractivity contribution in [3.8, 4) is 23.0 Å². The van der Waals surface area contributed by atoms with Crippen LogP contribution in [0, 0.1) is 0 Å². The predicted octanol–water partition coefficient (Wildman–Crippen LogP) is 9.25. The van der Waals surface area contributed by atoms with Crippen molar-refractivity contribution in [3.05, 3.63) is 174 Å². The molecule has 2 heterocycles. The summed E-state index contributed by atoms with van der Waals surface area (Å²) in [6.07, 6.45) is 1.97. The lowest BCUT2D eigenvalue weighted by Gasteiger charge is -2.26. The normalized spacial score (nSPS) is 12.6. The second-order valence-corrected chi connectivity index (χ2v) is 24.2. The second-order valence-electron chi connectivity index (χ2n) is 24.2. The number of nitrogens with zero attached hydrogens (tertiary/aromatic N) is 8. The number of aliphatic hydroxyl groups excluding tert-OH is 1. The molecule has 0 radical (unpaired) electrons. The van der Waals surface area contributed by atoms with Crippen LogP contribution < -0.4 is 18.9 Å². The van der Waals surface area contributed by atoms with Crippen molar-refractivity contribution in [2.24, 2.45) is 0 Å². The summed E-state index contributed by atoms with van der Waals surface area (Å²) in [5.41, 5.74) is 16.9. The van der Waals surface area contributed by atoms with E-state index in [1.165, 1.54) is 0 Å². The number of hydrogen-bond donors (Lipinski definition) is 1. The minimum Gasteiger partial charge on any atom is -0.491 e. The molecule has 0 aliphatic heterocycles. The lowest BCUT2D eigenvalue weighted by molar-refractivity contribution is -0.0127. The average Bonchev–Trinajstić information content (AvgIpc) is 1.40. The van der Waals surface area contributed by atoms with E-state index in [1.807, 2.05) is 20.8 Å². The highest BCUT2D eigenvalue weighted by Gasteiger charge is 2.26. The van der Waals surface area contributed by atoms with E-state index in [2.05, 4.69) is 185 Å². The summed E-state index contributed by atoms with van der Waals surface area (Å²) in [5, 5.41) is 9.82. The maximum absolute atomic E-state index is 9.82. The summed E-state index contributed by atoms with van der Waals surface area (Å²) in [6.45, 7) is 15.7. The van der Waals surface area contributed by atoms with Gasteiger partial charge in [0.2, 0.25) is 0 Å². The van der Waals surface area contributed by atoms with Crippen molar-refractivity contribution in [1.82, 2.24) is 39.4 Å². The van der Waals surface area contributed by atoms with Crippen LogP contribution in [0.2, 0.25) is 0 Å². The highest BCUT2D eigenvalue weighted by molar-refractivity contribution is 5.59. The van der Waals surface area contributed by atoms with Crippen molar-refractivity contribution in [2.75, 3.05) is 150 Å². The number of aliphatic hydroxyl groups is 1. The number of aromatic nitrogens is 2. The molecule has 2 aromatic heterocycles. The van der Waals surface area contributed by atoms with E-state index in [1.54, 1.807) is 0 Å². The van der Waals surface area contributed by atoms with Gasteiger partial charge in [0.15, 0.2) is 0 Å². The third kappa shape index (κ3) is 22.2. The third-order valence-corrected chi connectivity index (χ3v) is 14.8. The fourth-order valence-corrected chi connectivity index (χ4v) is 11.7. The summed E-state index contributed by atoms with van der Waals surface area (Å²) >= 11 is 0. The minimum absolute atomic E-state index is 0.202. The molecule has 88 heavy (non-hydrogen) atoms. The van der Waals surface area contributed by atoms with E-state index in [4.69, 9.17) is 47.9 Å². The van der Waals surface area contributed by atoms with Crippen LogP contribution in [0.3, 0.4) is 0 Å². The summed E-state index contributed by atoms with van der Waals surface area (Å²) in [6, 6.07) is 31.2. The highest BCUT2D eigenvalue weighted by atomic mass is 16.6. The lowest BCUT2D eigenvalue weighted by atomic mass is 9.88. The second kappa shape index (κ2) is 36.0. The van der Waals surface area contributed by atoms with Crippen LogP contribution in [-0.2, 0) is 97.0 Å². The quantitative estimate of drug-likeness (QED) is 0.0295. The fourth-order valence-electron chi connectivity index (χ4n) is 11.7. The SMILES string of the molecule is CCOCCOc1c2cc(CN(C)Cc3cccc(CN(C)C)n3)cc1Cc1cc(CN(C)C)cc(c1OCCOCC)Cc1cc(CN(C)Cc3cccc(CN(C)C)n3)cc(c1OCCOCO)Cc1cc(CN(C)C)cc(c1OCCOCC)C2. The first-order valence-electron chi connectivity index (χ1n) is 31.4. The Morgan fingerprint density at radius 1 is 0.330 bits per heavy atom. The lowest BCUT2D eigenvalue weighted by Crippen LogP contribution is -2.20. The molecule has 0 unspecified atom stereocenters. The van der Waals surface area contributed by atoms with Gasteiger partial charge in [0.05, 0.1) is 49.2 Å². The Balaban J connectivity index is 1.52. The van der Waals surface area contributed by atoms with Gasteiger partial charge in [0.1, 0.15) is 56.2 Å². The molecule has 6 aromatic rings. The summed E-state index contributed by atoms with van der Waals surface area (Å²) in [7, 11) is 21.1. The van der Waals surface area contributed by atoms with Gasteiger partial charge < -0.3 is 62.6 Å². The van der Waals surface area contributed by atoms with Crippen LogP contribution >= 0.6 is 0 Å². The third-order valence-electron chi connectivity index (χ3n) is 14.8. The van der Waals surface area contributed by atoms with Gasteiger partial charge in [-0.2, -0.15) is 0 Å². The van der Waals surface area contributed by atoms with E-state index >= 15 is 0 Å². The zero-order chi connectivity index (χ0) is 63.0. The van der Waals surface area contributed by atoms with Gasteiger partial charge in [-0.1, -0.05) is 60.7 Å². The molecule has 0 amide bonds. The van der Waals surface area contributed by atoms with Crippen molar-refractivity contribution in [3.63, 3.8) is 0 Å². The number of benzene rings is 4. The molecule has 17 nitrogen and oxygen atoms in total. The molecule has 0 spiro atoms. The molecule has 7 rings (SSSR count). The van der Waals surface area contributed by atoms with Crippen LogP contribution in [0.15, 0.2) is 84.9 Å². The number of rotatable bonds is 36. The van der Waals surface area contributed by atoms with Crippen LogP contribution in [0.25, 0.3) is 0 Å². The van der Waals surface area contributed by atoms with E-state index < -0.39 is 6.79 Å². The predicted molar refractivity (Wildman–Crippen MR) is 350 cm³/mol. The van der Waals surface area contributed by atoms with E-state index in [9.17, 15) is 5.11 Å². The first-order chi connectivity index (χ1) is 42.5. The Labute approximate surface area is 526 Å². The molecule has 0 saturated carbocycles. The molecule has 1 aliphatic rings. The van der Waals surface area contributed by atoms with Crippen LogP contribution in [-0.4, -0.2) is 194 Å². The zero-order valence-electron chi connectivity index (χ0n) is 55.3. The first-order valence-corrected chi connectivity index (χ1v) is 31.4. The summed E-state index contributed by atoms with van der Waals surface area (Å²) in [4.78, 5) is 23.6. The molecule has 8 bridgehead atoms. The van der Waals surface area contributed by atoms with Gasteiger partial charge in [-0.25, -0.2) is 0 Å². The van der Waals surface area contributed by atoms with Gasteiger partial charge in [-0.05, 0) is 182 Å². The largest absolute Gasteiger partial charge is 0.491 e. The van der Waals surface area contributed by atoms with Gasteiger partial charge >= 0.3 is 0 Å². The van der Waals surface area contributed by atoms with Crippen molar-refractivity contribution in [1.29, 1.82) is 0 Å². The first kappa shape index (κ1) is 69.4. The highest BCUT2D eigenvalue weighted by Crippen LogP contribution is 2.42. The van der Waals surface area contributed by atoms with Gasteiger partial charge in [0.25, 0.3) is 0 Å². The smallest absolute Gasteiger partial charge is 0.143 e. The molecule has 17 heteroatoms. The molecular formula is C71H102N8O9. The fraction of sp³-hybridized carbons (Fsp3) is 0.521. The van der Waals surface area contributed by atoms with Crippen LogP contribution in [0.4, 0.5) is 0 Å². The molecule has 0 fully saturated rings. The van der Waals surface area contributed by atoms with Crippen molar-refractivity contribution >= 4 is 0 Å². The topological polar surface area (TPSA) is 139 Å². The number of ether oxygens (including phenoxy) is 8. The van der Waals surface area contributed by atoms with E-state index in [0.29, 0.717) is 124 Å². The standard InChI is InChI=1S/C71H102N8O9/c1-14-81-23-27-85-68-56-31-52(43-74(4)5)33-58(68)41-62-37-55(46-79(13)50-67-22-18-20-65(73-67)48-77(10)11)38-63(71(62)88-30-26-84-51-80)42-59-34-53(44-75(6)7)32-57(69(59)86-28-24-82-15-2)40-61-36-54(35-60(39-56)70(61)87-29-25-83-16-3)45-78(12)49-66-21-17-19-64(72-66)47-76(8)9/h17-22,31-38,80H,14-16,23-30,39-51H2,1-13H3. The van der Waals surface area contributed by atoms with Crippen molar-refractivity contribution < 1.29 is 43.0 Å². The van der Waals surface area contributed by atoms with E-state index in [0.717, 1.165) is 126 Å². The minimum atomic E-state index is -0.405. The number of hydrogen-bond acceptors (Lipinski definition) is 17. The zero-order valence-corrected chi connectivity index (χ0v) is 55.3. The van der Waals surface area contributed by atoms with Gasteiger partial charge in [-0.3, -0.25) is 19.8 Å². The Bertz CT molecular complexity index is 2800. The molecule has 480 valence electrons. The van der Waals surface area contributed by atoms with Crippen LogP contribution in [0.1, 0.15) is 110 Å². The molecule has 4 aromatic carbocycles. The van der Waals surface area contributed by atoms with Gasteiger partial charge in [0, 0.05) is 97.9 Å². The number of pyridine rings is 2. The maximum Gasteiger partial charge on any atom is 0.143 e. The molecular weight excluding hydrogens is 1110 g/mol. The monoisotopic (exact) mass is 1210 g/mol. The average molecular weight is 1210 g/mol. The Hall–Kier alpha value is -6.06. The summed E-state index contributed by atoms with van der Waals surface area (Å²) < 4.78 is 51.8. The Kier molecular flexibility index (Phi) is 28.4. The van der Waals surface area contributed by atoms with Crippen LogP contribution in [0.5, 0.6) is 23.0 Å². The van der Waals surface area contributed by atoms with Gasteiger partial charge in [-0.15, -0.1) is 0 Å². The Morgan fingerprint density at radius 3 is 0.830 bits per heavy atom. The molecule has 1 N–H and O–H groups in total. The summed E-state index contributed by atoms with van der Waals surface area (Å²) in [5.74, 6) is 3.22. The van der Waals surface area contributed by atoms with Crippen molar-refractivity contribution in [2.45, 2.75) is 98.8 Å². The maximum atomic E-state index is 9.82. The molecule has 1 aliphatic carbocycles. The molecule has 0 saturated heterocycles.